The highest BCUT2D eigenvalue weighted by atomic mass is 16.3. The Kier molecular flexibility index (Phi) is 4.06. The van der Waals surface area contributed by atoms with Gasteiger partial charge in [-0.1, -0.05) is 26.8 Å². The normalized spacial score (nSPS) is 28.5. The molecule has 0 bridgehead atoms. The number of aliphatic hydroxyl groups is 1. The Morgan fingerprint density at radius 2 is 2.00 bits per heavy atom. The van der Waals surface area contributed by atoms with Gasteiger partial charge in [0.1, 0.15) is 12.0 Å². The summed E-state index contributed by atoms with van der Waals surface area (Å²) in [6.45, 7) is 10.4. The first-order valence-electron chi connectivity index (χ1n) is 9.90. The molecular formula is C21H28N6O. The Morgan fingerprint density at radius 3 is 2.61 bits per heavy atom. The molecule has 2 aliphatic carbocycles. The Balaban J connectivity index is 1.90. The molecule has 0 aliphatic heterocycles. The fourth-order valence-electron chi connectivity index (χ4n) is 5.30. The van der Waals surface area contributed by atoms with E-state index in [0.29, 0.717) is 11.4 Å². The number of hydrogen-bond acceptors (Lipinski definition) is 5. The molecule has 0 saturated carbocycles. The summed E-state index contributed by atoms with van der Waals surface area (Å²) in [6.07, 6.45) is 4.75. The van der Waals surface area contributed by atoms with Crippen LogP contribution in [0.1, 0.15) is 58.3 Å². The molecule has 1 unspecified atom stereocenters. The predicted octanol–water partition coefficient (Wildman–Crippen LogP) is 2.93. The lowest BCUT2D eigenvalue weighted by molar-refractivity contribution is -0.0102. The number of nitriles is 1. The maximum atomic E-state index is 10.8. The summed E-state index contributed by atoms with van der Waals surface area (Å²) in [4.78, 5) is 4.53. The van der Waals surface area contributed by atoms with Crippen molar-refractivity contribution in [2.45, 2.75) is 65.0 Å². The largest absolute Gasteiger partial charge is 0.387 e. The molecule has 0 saturated heterocycles. The van der Waals surface area contributed by atoms with Gasteiger partial charge in [0.05, 0.1) is 23.4 Å². The Morgan fingerprint density at radius 1 is 1.29 bits per heavy atom. The zero-order valence-electron chi connectivity index (χ0n) is 17.4. The van der Waals surface area contributed by atoms with Crippen LogP contribution in [-0.2, 0) is 18.9 Å². The second-order valence-corrected chi connectivity index (χ2v) is 9.25. The van der Waals surface area contributed by atoms with Crippen molar-refractivity contribution < 1.29 is 5.11 Å². The molecule has 0 spiro atoms. The number of fused-ring (bicyclic) bond motifs is 3. The predicted molar refractivity (Wildman–Crippen MR) is 105 cm³/mol. The number of rotatable bonds is 2. The molecule has 2 heterocycles. The van der Waals surface area contributed by atoms with Crippen molar-refractivity contribution >= 4 is 0 Å². The molecule has 1 N–H and O–H groups in total. The van der Waals surface area contributed by atoms with Gasteiger partial charge in [-0.25, -0.2) is 9.67 Å². The molecule has 148 valence electrons. The fourth-order valence-corrected chi connectivity index (χ4v) is 5.30. The van der Waals surface area contributed by atoms with Gasteiger partial charge in [0.15, 0.2) is 5.82 Å². The standard InChI is InChI=1S/C21H28N6O/c1-12(2)27-11-23-19(25-27)16-14-7-8-15-20(3,4)18(28)13(10-22)9-21(15,5)17(14)24-26(16)6/h9,11-12,15,18,28H,7-8H2,1-6H3/t15-,18?,21-/m0/s1. The van der Waals surface area contributed by atoms with Gasteiger partial charge >= 0.3 is 0 Å². The molecule has 4 rings (SSSR count). The molecule has 0 radical (unpaired) electrons. The van der Waals surface area contributed by atoms with E-state index in [0.717, 1.165) is 29.8 Å². The van der Waals surface area contributed by atoms with Crippen LogP contribution in [0, 0.1) is 22.7 Å². The zero-order chi connectivity index (χ0) is 20.4. The minimum Gasteiger partial charge on any atom is -0.387 e. The van der Waals surface area contributed by atoms with E-state index in [4.69, 9.17) is 5.10 Å². The van der Waals surface area contributed by atoms with Gasteiger partial charge in [-0.15, -0.1) is 5.10 Å². The highest BCUT2D eigenvalue weighted by molar-refractivity contribution is 5.60. The van der Waals surface area contributed by atoms with Crippen molar-refractivity contribution in [2.75, 3.05) is 0 Å². The number of aryl methyl sites for hydroxylation is 1. The SMILES string of the molecule is CC(C)n1cnc(-c2c3c(nn2C)[C@@]2(C)C=C(C#N)C(O)C(C)(C)[C@@H]2CC3)n1. The van der Waals surface area contributed by atoms with Crippen LogP contribution in [0.2, 0.25) is 0 Å². The molecule has 28 heavy (non-hydrogen) atoms. The van der Waals surface area contributed by atoms with E-state index in [1.165, 1.54) is 0 Å². The molecule has 0 fully saturated rings. The van der Waals surface area contributed by atoms with Crippen molar-refractivity contribution in [3.05, 3.63) is 29.2 Å². The first kappa shape index (κ1) is 18.9. The van der Waals surface area contributed by atoms with E-state index in [1.54, 1.807) is 6.33 Å². The van der Waals surface area contributed by atoms with E-state index in [1.807, 2.05) is 22.5 Å². The van der Waals surface area contributed by atoms with Crippen LogP contribution in [0.4, 0.5) is 0 Å². The lowest BCUT2D eigenvalue weighted by Crippen LogP contribution is -2.52. The number of aliphatic hydroxyl groups excluding tert-OH is 1. The second-order valence-electron chi connectivity index (χ2n) is 9.25. The number of hydrogen-bond donors (Lipinski definition) is 1. The van der Waals surface area contributed by atoms with Crippen LogP contribution in [0.3, 0.4) is 0 Å². The van der Waals surface area contributed by atoms with Gasteiger partial charge in [-0.3, -0.25) is 4.68 Å². The van der Waals surface area contributed by atoms with Gasteiger partial charge in [0, 0.05) is 24.1 Å². The molecule has 0 amide bonds. The average molecular weight is 380 g/mol. The van der Waals surface area contributed by atoms with E-state index in [2.05, 4.69) is 50.8 Å². The quantitative estimate of drug-likeness (QED) is 0.865. The van der Waals surface area contributed by atoms with Crippen molar-refractivity contribution in [3.63, 3.8) is 0 Å². The third-order valence-electron chi connectivity index (χ3n) is 6.79. The van der Waals surface area contributed by atoms with Gasteiger partial charge < -0.3 is 5.11 Å². The van der Waals surface area contributed by atoms with Crippen LogP contribution >= 0.6 is 0 Å². The summed E-state index contributed by atoms with van der Waals surface area (Å²) in [5.41, 5.74) is 2.72. The van der Waals surface area contributed by atoms with E-state index >= 15 is 0 Å². The Labute approximate surface area is 165 Å². The van der Waals surface area contributed by atoms with Crippen LogP contribution in [0.15, 0.2) is 18.0 Å². The molecular weight excluding hydrogens is 352 g/mol. The molecule has 2 aromatic rings. The zero-order valence-corrected chi connectivity index (χ0v) is 17.4. The Hall–Kier alpha value is -2.46. The lowest BCUT2D eigenvalue weighted by Gasteiger charge is -2.52. The lowest BCUT2D eigenvalue weighted by atomic mass is 9.52. The van der Waals surface area contributed by atoms with Crippen LogP contribution < -0.4 is 0 Å². The van der Waals surface area contributed by atoms with Gasteiger partial charge in [0.25, 0.3) is 0 Å². The molecule has 0 aromatic carbocycles. The van der Waals surface area contributed by atoms with Gasteiger partial charge in [-0.05, 0) is 38.0 Å². The van der Waals surface area contributed by atoms with Gasteiger partial charge in [-0.2, -0.15) is 10.4 Å². The molecule has 3 atom stereocenters. The first-order chi connectivity index (χ1) is 13.1. The summed E-state index contributed by atoms with van der Waals surface area (Å²) >= 11 is 0. The first-order valence-corrected chi connectivity index (χ1v) is 9.90. The van der Waals surface area contributed by atoms with Crippen molar-refractivity contribution in [1.29, 1.82) is 5.26 Å². The minimum absolute atomic E-state index is 0.198. The number of aromatic nitrogens is 5. The second kappa shape index (κ2) is 6.02. The molecule has 2 aliphatic rings. The topological polar surface area (TPSA) is 92.5 Å². The van der Waals surface area contributed by atoms with E-state index < -0.39 is 16.9 Å². The van der Waals surface area contributed by atoms with Crippen LogP contribution in [0.5, 0.6) is 0 Å². The summed E-state index contributed by atoms with van der Waals surface area (Å²) in [6, 6.07) is 2.46. The van der Waals surface area contributed by atoms with Crippen LogP contribution in [0.25, 0.3) is 11.5 Å². The third kappa shape index (κ3) is 2.40. The monoisotopic (exact) mass is 380 g/mol. The van der Waals surface area contributed by atoms with Gasteiger partial charge in [0.2, 0.25) is 0 Å². The molecule has 7 heteroatoms. The van der Waals surface area contributed by atoms with E-state index in [9.17, 15) is 10.4 Å². The van der Waals surface area contributed by atoms with Crippen molar-refractivity contribution in [2.24, 2.45) is 18.4 Å². The van der Waals surface area contributed by atoms with Crippen LogP contribution in [-0.4, -0.2) is 35.8 Å². The van der Waals surface area contributed by atoms with Crippen molar-refractivity contribution in [3.8, 4) is 17.6 Å². The maximum Gasteiger partial charge on any atom is 0.199 e. The molecule has 7 nitrogen and oxygen atoms in total. The summed E-state index contributed by atoms with van der Waals surface area (Å²) < 4.78 is 3.73. The van der Waals surface area contributed by atoms with E-state index in [-0.39, 0.29) is 12.0 Å². The van der Waals surface area contributed by atoms with Crippen molar-refractivity contribution in [1.82, 2.24) is 24.5 Å². The highest BCUT2D eigenvalue weighted by Crippen LogP contribution is 2.56. The summed E-state index contributed by atoms with van der Waals surface area (Å²) in [5, 5.41) is 29.9. The maximum absolute atomic E-state index is 10.8. The third-order valence-corrected chi connectivity index (χ3v) is 6.79. The summed E-state index contributed by atoms with van der Waals surface area (Å²) in [5.74, 6) is 0.884. The minimum atomic E-state index is -0.747. The fraction of sp³-hybridized carbons (Fsp3) is 0.619. The molecule has 2 aromatic heterocycles. The number of allylic oxidation sites excluding steroid dienone is 1. The highest BCUT2D eigenvalue weighted by Gasteiger charge is 2.55. The smallest absolute Gasteiger partial charge is 0.199 e. The average Bonchev–Trinajstić information content (AvgIpc) is 3.23. The number of nitrogens with zero attached hydrogens (tertiary/aromatic N) is 6. The Bertz CT molecular complexity index is 1000. The summed E-state index contributed by atoms with van der Waals surface area (Å²) in [7, 11) is 1.93.